The summed E-state index contributed by atoms with van der Waals surface area (Å²) in [7, 11) is 1.93. The van der Waals surface area contributed by atoms with Crippen molar-refractivity contribution in [2.24, 2.45) is 7.05 Å². The Hall–Kier alpha value is -1.62. The Labute approximate surface area is 114 Å². The Morgan fingerprint density at radius 3 is 2.72 bits per heavy atom. The molecule has 0 atom stereocenters. The number of halogens is 1. The highest BCUT2D eigenvalue weighted by molar-refractivity contribution is 9.10. The van der Waals surface area contributed by atoms with E-state index in [1.165, 1.54) is 0 Å². The molecule has 4 nitrogen and oxygen atoms in total. The number of amides is 1. The zero-order chi connectivity index (χ0) is 13.0. The van der Waals surface area contributed by atoms with E-state index in [1.54, 1.807) is 18.5 Å². The van der Waals surface area contributed by atoms with Gasteiger partial charge in [-0.1, -0.05) is 15.9 Å². The number of hydrogen-bond acceptors (Lipinski definition) is 2. The maximum atomic E-state index is 11.8. The predicted molar refractivity (Wildman–Crippen MR) is 73.4 cm³/mol. The molecule has 0 aliphatic heterocycles. The van der Waals surface area contributed by atoms with E-state index in [2.05, 4.69) is 26.2 Å². The molecule has 1 heterocycles. The van der Waals surface area contributed by atoms with Crippen LogP contribution in [-0.2, 0) is 13.5 Å². The van der Waals surface area contributed by atoms with Crippen LogP contribution in [0.4, 0.5) is 0 Å². The molecule has 0 saturated carbocycles. The van der Waals surface area contributed by atoms with Gasteiger partial charge in [0, 0.05) is 36.2 Å². The van der Waals surface area contributed by atoms with Crippen molar-refractivity contribution in [1.29, 1.82) is 0 Å². The van der Waals surface area contributed by atoms with E-state index in [9.17, 15) is 4.79 Å². The zero-order valence-electron chi connectivity index (χ0n) is 10.1. The number of rotatable bonds is 4. The van der Waals surface area contributed by atoms with Crippen molar-refractivity contribution in [3.8, 4) is 0 Å². The van der Waals surface area contributed by atoms with Gasteiger partial charge in [0.2, 0.25) is 0 Å². The normalized spacial score (nSPS) is 10.3. The van der Waals surface area contributed by atoms with Crippen LogP contribution in [0.25, 0.3) is 0 Å². The van der Waals surface area contributed by atoms with E-state index in [0.717, 1.165) is 16.6 Å². The largest absolute Gasteiger partial charge is 0.352 e. The van der Waals surface area contributed by atoms with Crippen LogP contribution in [0.15, 0.2) is 41.3 Å². The molecule has 0 aliphatic carbocycles. The van der Waals surface area contributed by atoms with Crippen molar-refractivity contribution in [2.45, 2.75) is 6.42 Å². The average Bonchev–Trinajstić information content (AvgIpc) is 2.76. The van der Waals surface area contributed by atoms with Crippen LogP contribution in [0.3, 0.4) is 0 Å². The lowest BCUT2D eigenvalue weighted by molar-refractivity contribution is 0.0954. The highest BCUT2D eigenvalue weighted by Gasteiger charge is 2.04. The molecule has 18 heavy (non-hydrogen) atoms. The van der Waals surface area contributed by atoms with Crippen LogP contribution in [0.1, 0.15) is 16.1 Å². The van der Waals surface area contributed by atoms with Gasteiger partial charge in [0.05, 0.1) is 12.0 Å². The molecule has 0 bridgehead atoms. The van der Waals surface area contributed by atoms with Crippen LogP contribution in [0.5, 0.6) is 0 Å². The van der Waals surface area contributed by atoms with Crippen molar-refractivity contribution in [2.75, 3.05) is 6.54 Å². The van der Waals surface area contributed by atoms with E-state index in [-0.39, 0.29) is 5.91 Å². The van der Waals surface area contributed by atoms with Gasteiger partial charge in [0.25, 0.3) is 5.91 Å². The summed E-state index contributed by atoms with van der Waals surface area (Å²) in [5, 5.41) is 2.87. The van der Waals surface area contributed by atoms with Crippen molar-refractivity contribution >= 4 is 21.8 Å². The number of aryl methyl sites for hydroxylation is 1. The van der Waals surface area contributed by atoms with E-state index in [0.29, 0.717) is 12.1 Å². The first kappa shape index (κ1) is 12.8. The lowest BCUT2D eigenvalue weighted by Crippen LogP contribution is -2.25. The fourth-order valence-electron chi connectivity index (χ4n) is 1.60. The third kappa shape index (κ3) is 3.43. The molecule has 0 unspecified atom stereocenters. The van der Waals surface area contributed by atoms with Gasteiger partial charge in [-0.15, -0.1) is 0 Å². The molecular weight excluding hydrogens is 294 g/mol. The number of imidazole rings is 1. The third-order valence-electron chi connectivity index (χ3n) is 2.53. The minimum atomic E-state index is -0.0570. The van der Waals surface area contributed by atoms with Crippen LogP contribution in [0, 0.1) is 0 Å². The topological polar surface area (TPSA) is 46.9 Å². The fourth-order valence-corrected chi connectivity index (χ4v) is 1.87. The van der Waals surface area contributed by atoms with Gasteiger partial charge < -0.3 is 9.88 Å². The number of nitrogens with zero attached hydrogens (tertiary/aromatic N) is 2. The number of hydrogen-bond donors (Lipinski definition) is 1. The van der Waals surface area contributed by atoms with Gasteiger partial charge in [-0.05, 0) is 24.3 Å². The molecule has 0 spiro atoms. The summed E-state index contributed by atoms with van der Waals surface area (Å²) in [4.78, 5) is 16.0. The van der Waals surface area contributed by atoms with Gasteiger partial charge in [-0.3, -0.25) is 4.79 Å². The molecule has 1 amide bonds. The van der Waals surface area contributed by atoms with E-state index < -0.39 is 0 Å². The third-order valence-corrected chi connectivity index (χ3v) is 3.06. The monoisotopic (exact) mass is 307 g/mol. The molecule has 94 valence electrons. The first-order valence-electron chi connectivity index (χ1n) is 5.66. The van der Waals surface area contributed by atoms with Crippen LogP contribution in [0.2, 0.25) is 0 Å². The number of carbonyl (C=O) groups is 1. The van der Waals surface area contributed by atoms with Gasteiger partial charge in [-0.25, -0.2) is 4.98 Å². The standard InChI is InChI=1S/C13H14BrN3O/c1-17-8-12(16-9-17)6-7-15-13(18)10-2-4-11(14)5-3-10/h2-5,8-9H,6-7H2,1H3,(H,15,18). The van der Waals surface area contributed by atoms with Gasteiger partial charge in [0.15, 0.2) is 0 Å². The summed E-state index contributed by atoms with van der Waals surface area (Å²) in [6, 6.07) is 7.29. The highest BCUT2D eigenvalue weighted by Crippen LogP contribution is 2.10. The lowest BCUT2D eigenvalue weighted by atomic mass is 10.2. The molecule has 2 aromatic rings. The minimum Gasteiger partial charge on any atom is -0.352 e. The summed E-state index contributed by atoms with van der Waals surface area (Å²) < 4.78 is 2.86. The first-order valence-corrected chi connectivity index (χ1v) is 6.45. The maximum Gasteiger partial charge on any atom is 0.251 e. The van der Waals surface area contributed by atoms with Crippen LogP contribution < -0.4 is 5.32 Å². The Kier molecular flexibility index (Phi) is 4.15. The number of benzene rings is 1. The quantitative estimate of drug-likeness (QED) is 0.941. The summed E-state index contributed by atoms with van der Waals surface area (Å²) >= 11 is 3.34. The lowest BCUT2D eigenvalue weighted by Gasteiger charge is -2.04. The van der Waals surface area contributed by atoms with E-state index in [4.69, 9.17) is 0 Å². The molecular formula is C13H14BrN3O. The van der Waals surface area contributed by atoms with E-state index >= 15 is 0 Å². The molecule has 0 radical (unpaired) electrons. The second-order valence-electron chi connectivity index (χ2n) is 4.04. The average molecular weight is 308 g/mol. The summed E-state index contributed by atoms with van der Waals surface area (Å²) in [6.07, 6.45) is 4.45. The van der Waals surface area contributed by atoms with Gasteiger partial charge >= 0.3 is 0 Å². The molecule has 1 N–H and O–H groups in total. The SMILES string of the molecule is Cn1cnc(CCNC(=O)c2ccc(Br)cc2)c1. The van der Waals surface area contributed by atoms with Crippen molar-refractivity contribution in [3.63, 3.8) is 0 Å². The Morgan fingerprint density at radius 1 is 1.39 bits per heavy atom. The second kappa shape index (κ2) is 5.82. The zero-order valence-corrected chi connectivity index (χ0v) is 11.6. The van der Waals surface area contributed by atoms with Crippen LogP contribution in [-0.4, -0.2) is 22.0 Å². The minimum absolute atomic E-state index is 0.0570. The molecule has 1 aromatic heterocycles. The molecule has 2 rings (SSSR count). The highest BCUT2D eigenvalue weighted by atomic mass is 79.9. The summed E-state index contributed by atoms with van der Waals surface area (Å²) in [5.41, 5.74) is 1.65. The Morgan fingerprint density at radius 2 is 2.11 bits per heavy atom. The molecule has 1 aromatic carbocycles. The van der Waals surface area contributed by atoms with Gasteiger partial charge in [-0.2, -0.15) is 0 Å². The molecule has 0 aliphatic rings. The van der Waals surface area contributed by atoms with Crippen LogP contribution >= 0.6 is 15.9 Å². The van der Waals surface area contributed by atoms with E-state index in [1.807, 2.05) is 29.9 Å². The molecule has 0 fully saturated rings. The fraction of sp³-hybridized carbons (Fsp3) is 0.231. The van der Waals surface area contributed by atoms with Crippen molar-refractivity contribution in [1.82, 2.24) is 14.9 Å². The smallest absolute Gasteiger partial charge is 0.251 e. The predicted octanol–water partition coefficient (Wildman–Crippen LogP) is 2.16. The second-order valence-corrected chi connectivity index (χ2v) is 4.96. The number of nitrogens with one attached hydrogen (secondary N) is 1. The molecule has 0 saturated heterocycles. The number of carbonyl (C=O) groups excluding carboxylic acids is 1. The Bertz CT molecular complexity index is 533. The Balaban J connectivity index is 1.83. The number of aromatic nitrogens is 2. The summed E-state index contributed by atoms with van der Waals surface area (Å²) in [5.74, 6) is -0.0570. The van der Waals surface area contributed by atoms with Crippen molar-refractivity contribution < 1.29 is 4.79 Å². The van der Waals surface area contributed by atoms with Crippen molar-refractivity contribution in [3.05, 3.63) is 52.5 Å². The summed E-state index contributed by atoms with van der Waals surface area (Å²) in [6.45, 7) is 0.589. The van der Waals surface area contributed by atoms with Gasteiger partial charge in [0.1, 0.15) is 0 Å². The maximum absolute atomic E-state index is 11.8. The first-order chi connectivity index (χ1) is 8.65. The molecule has 5 heteroatoms.